The molecule has 0 bridgehead atoms. The smallest absolute Gasteiger partial charge is 0.162 e. The zero-order chi connectivity index (χ0) is 37.7. The Morgan fingerprint density at radius 2 is 1.45 bits per heavy atom. The van der Waals surface area contributed by atoms with Gasteiger partial charge in [0.2, 0.25) is 0 Å². The molecular formula is C47H55IrN2O2S-. The standard InChI is InChI=1S/C34H31N2S.C13H24O2.Ir/c1-20-15-25(16-21(2)36-20)30-18-26(17-23-9-7-8-10-27(23)30)31-33-29(13-14-35-31)28-12-11-24(19-34(4,5)6)22(3)32(28)37-33;1-5-10(6-2)12(14)9-13(15)11(7-3)8-4;/h7-16,18H,19H2,1-6H3;9-11,14H,5-8H2,1-4H3;/q-1;;/b;12-9-;. The third-order valence-electron chi connectivity index (χ3n) is 10.1. The molecule has 3 aromatic heterocycles. The summed E-state index contributed by atoms with van der Waals surface area (Å²) in [5.41, 5.74) is 9.55. The van der Waals surface area contributed by atoms with Crippen molar-refractivity contribution in [3.8, 4) is 22.4 Å². The van der Waals surface area contributed by atoms with Crippen molar-refractivity contribution in [3.05, 3.63) is 107 Å². The van der Waals surface area contributed by atoms with Crippen LogP contribution in [0, 0.1) is 44.1 Å². The molecule has 0 fully saturated rings. The number of aromatic nitrogens is 2. The van der Waals surface area contributed by atoms with Crippen LogP contribution in [0.1, 0.15) is 96.7 Å². The normalized spacial score (nSPS) is 12.0. The van der Waals surface area contributed by atoms with Crippen LogP contribution in [0.15, 0.2) is 78.7 Å². The quantitative estimate of drug-likeness (QED) is 0.0845. The number of pyridine rings is 2. The van der Waals surface area contributed by atoms with Gasteiger partial charge in [0.05, 0.1) is 5.76 Å². The second kappa shape index (κ2) is 18.1. The molecule has 6 aromatic rings. The number of carbonyl (C=O) groups excluding carboxylic acids is 1. The fourth-order valence-electron chi connectivity index (χ4n) is 7.26. The van der Waals surface area contributed by atoms with Gasteiger partial charge in [-0.2, -0.15) is 0 Å². The first-order chi connectivity index (χ1) is 24.8. The molecule has 4 nitrogen and oxygen atoms in total. The number of hydrogen-bond donors (Lipinski definition) is 1. The molecular weight excluding hydrogens is 849 g/mol. The van der Waals surface area contributed by atoms with Crippen LogP contribution in [0.25, 0.3) is 53.3 Å². The molecule has 3 aromatic carbocycles. The van der Waals surface area contributed by atoms with Gasteiger partial charge in [0.1, 0.15) is 0 Å². The molecule has 1 radical (unpaired) electrons. The van der Waals surface area contributed by atoms with Crippen LogP contribution in [-0.4, -0.2) is 20.9 Å². The SMILES string of the molecule is CCC(CC)C(=O)/C=C(\O)C(CC)CC.Cc1cc(-c2cc(-c3nccc4c3sc3c(C)c(CC(C)(C)C)ccc34)[c-]c3ccccc23)cc(C)n1.[Ir]. The number of rotatable bonds is 10. The molecule has 0 saturated carbocycles. The van der Waals surface area contributed by atoms with E-state index in [0.29, 0.717) is 0 Å². The Morgan fingerprint density at radius 1 is 0.830 bits per heavy atom. The number of ketones is 1. The van der Waals surface area contributed by atoms with Crippen molar-refractivity contribution >= 4 is 48.1 Å². The predicted octanol–water partition coefficient (Wildman–Crippen LogP) is 13.5. The first kappa shape index (κ1) is 42.0. The fraction of sp³-hybridized carbons (Fsp3) is 0.383. The molecule has 281 valence electrons. The molecule has 0 aliphatic carbocycles. The van der Waals surface area contributed by atoms with Crippen LogP contribution in [-0.2, 0) is 31.3 Å². The number of nitrogens with zero attached hydrogens (tertiary/aromatic N) is 2. The van der Waals surface area contributed by atoms with Crippen LogP contribution in [0.4, 0.5) is 0 Å². The Balaban J connectivity index is 0.000000335. The first-order valence-corrected chi connectivity index (χ1v) is 19.7. The molecule has 6 rings (SSSR count). The molecule has 0 amide bonds. The van der Waals surface area contributed by atoms with Gasteiger partial charge in [-0.1, -0.05) is 95.3 Å². The maximum atomic E-state index is 11.7. The summed E-state index contributed by atoms with van der Waals surface area (Å²) in [5.74, 6) is 0.547. The number of carbonyl (C=O) groups is 1. The number of thiophene rings is 1. The molecule has 0 spiro atoms. The third kappa shape index (κ3) is 9.70. The van der Waals surface area contributed by atoms with Crippen LogP contribution in [0.2, 0.25) is 0 Å². The van der Waals surface area contributed by atoms with Gasteiger partial charge in [-0.3, -0.25) is 14.8 Å². The van der Waals surface area contributed by atoms with Gasteiger partial charge in [-0.15, -0.1) is 34.9 Å². The minimum atomic E-state index is 0. The van der Waals surface area contributed by atoms with E-state index in [-0.39, 0.29) is 48.9 Å². The van der Waals surface area contributed by atoms with Crippen molar-refractivity contribution in [1.82, 2.24) is 9.97 Å². The topological polar surface area (TPSA) is 63.1 Å². The Bertz CT molecular complexity index is 2220. The predicted molar refractivity (Wildman–Crippen MR) is 223 cm³/mol. The van der Waals surface area contributed by atoms with E-state index in [0.717, 1.165) is 60.1 Å². The van der Waals surface area contributed by atoms with Crippen LogP contribution in [0.5, 0.6) is 0 Å². The Labute approximate surface area is 334 Å². The Morgan fingerprint density at radius 3 is 2.08 bits per heavy atom. The summed E-state index contributed by atoms with van der Waals surface area (Å²) in [5, 5.41) is 14.7. The maximum absolute atomic E-state index is 11.7. The van der Waals surface area contributed by atoms with Gasteiger partial charge in [-0.05, 0) is 98.6 Å². The molecule has 3 heterocycles. The van der Waals surface area contributed by atoms with E-state index in [9.17, 15) is 9.90 Å². The van der Waals surface area contributed by atoms with Crippen molar-refractivity contribution in [1.29, 1.82) is 0 Å². The molecule has 1 N–H and O–H groups in total. The fourth-order valence-corrected chi connectivity index (χ4v) is 8.59. The van der Waals surface area contributed by atoms with Crippen LogP contribution < -0.4 is 0 Å². The first-order valence-electron chi connectivity index (χ1n) is 18.9. The van der Waals surface area contributed by atoms with Crippen molar-refractivity contribution < 1.29 is 30.0 Å². The van der Waals surface area contributed by atoms with Gasteiger partial charge < -0.3 is 5.11 Å². The minimum absolute atomic E-state index is 0. The molecule has 0 atom stereocenters. The number of hydrogen-bond acceptors (Lipinski definition) is 5. The summed E-state index contributed by atoms with van der Waals surface area (Å²) in [7, 11) is 0. The summed E-state index contributed by atoms with van der Waals surface area (Å²) in [4.78, 5) is 21.2. The van der Waals surface area contributed by atoms with Crippen molar-refractivity contribution in [2.24, 2.45) is 17.3 Å². The van der Waals surface area contributed by atoms with Gasteiger partial charge in [0.25, 0.3) is 0 Å². The van der Waals surface area contributed by atoms with Crippen molar-refractivity contribution in [2.45, 2.75) is 101 Å². The van der Waals surface area contributed by atoms with E-state index in [1.807, 2.05) is 45.2 Å². The van der Waals surface area contributed by atoms with E-state index in [4.69, 9.17) is 4.98 Å². The van der Waals surface area contributed by atoms with E-state index in [2.05, 4.69) is 113 Å². The summed E-state index contributed by atoms with van der Waals surface area (Å²) in [6.07, 6.45) is 7.93. The molecule has 0 aliphatic rings. The molecule has 0 saturated heterocycles. The minimum Gasteiger partial charge on any atom is -0.512 e. The molecule has 0 unspecified atom stereocenters. The average molecular weight is 904 g/mol. The summed E-state index contributed by atoms with van der Waals surface area (Å²) < 4.78 is 2.60. The summed E-state index contributed by atoms with van der Waals surface area (Å²) in [6.45, 7) is 21.4. The van der Waals surface area contributed by atoms with E-state index >= 15 is 0 Å². The largest absolute Gasteiger partial charge is 0.512 e. The van der Waals surface area contributed by atoms with Crippen LogP contribution >= 0.6 is 11.3 Å². The second-order valence-corrected chi connectivity index (χ2v) is 16.4. The summed E-state index contributed by atoms with van der Waals surface area (Å²) >= 11 is 1.87. The van der Waals surface area contributed by atoms with Crippen molar-refractivity contribution in [3.63, 3.8) is 0 Å². The van der Waals surface area contributed by atoms with E-state index in [1.54, 1.807) is 0 Å². The number of aryl methyl sites for hydroxylation is 3. The molecule has 0 aliphatic heterocycles. The monoisotopic (exact) mass is 904 g/mol. The van der Waals surface area contributed by atoms with Gasteiger partial charge in [-0.25, -0.2) is 0 Å². The maximum Gasteiger partial charge on any atom is 0.162 e. The van der Waals surface area contributed by atoms with Gasteiger partial charge in [0.15, 0.2) is 5.78 Å². The zero-order valence-corrected chi connectivity index (χ0v) is 36.3. The Kier molecular flexibility index (Phi) is 14.3. The van der Waals surface area contributed by atoms with Crippen molar-refractivity contribution in [2.75, 3.05) is 0 Å². The number of allylic oxidation sites excluding steroid dienone is 2. The second-order valence-electron chi connectivity index (χ2n) is 15.4. The number of fused-ring (bicyclic) bond motifs is 4. The number of aliphatic hydroxyl groups is 1. The molecule has 53 heavy (non-hydrogen) atoms. The van der Waals surface area contributed by atoms with Gasteiger partial charge in [0, 0.05) is 76.1 Å². The Hall–Kier alpha value is -3.70. The zero-order valence-electron chi connectivity index (χ0n) is 33.1. The van der Waals surface area contributed by atoms with Crippen LogP contribution in [0.3, 0.4) is 0 Å². The number of aliphatic hydroxyl groups excluding tert-OH is 1. The summed E-state index contributed by atoms with van der Waals surface area (Å²) in [6, 6.07) is 25.6. The molecule has 6 heteroatoms. The van der Waals surface area contributed by atoms with E-state index in [1.165, 1.54) is 53.9 Å². The number of benzene rings is 3. The average Bonchev–Trinajstić information content (AvgIpc) is 3.49. The van der Waals surface area contributed by atoms with Gasteiger partial charge >= 0.3 is 0 Å². The third-order valence-corrected chi connectivity index (χ3v) is 11.5. The van der Waals surface area contributed by atoms with E-state index < -0.39 is 0 Å².